The normalized spacial score (nSPS) is 22.4. The van der Waals surface area contributed by atoms with Crippen molar-refractivity contribution in [1.82, 2.24) is 10.2 Å². The minimum atomic E-state index is -1.12. The molecule has 0 unspecified atom stereocenters. The van der Waals surface area contributed by atoms with Gasteiger partial charge in [-0.05, 0) is 44.7 Å². The first-order chi connectivity index (χ1) is 15.3. The summed E-state index contributed by atoms with van der Waals surface area (Å²) < 4.78 is 16.8. The van der Waals surface area contributed by atoms with Gasteiger partial charge in [0.05, 0.1) is 5.70 Å². The van der Waals surface area contributed by atoms with Crippen molar-refractivity contribution < 1.29 is 33.7 Å². The van der Waals surface area contributed by atoms with Gasteiger partial charge in [-0.2, -0.15) is 0 Å². The number of hydrogen-bond acceptors (Lipinski definition) is 7. The number of aliphatic carboxylic acids is 1. The molecule has 2 heterocycles. The molecule has 0 saturated carbocycles. The number of carboxylic acid groups (broad SMARTS) is 1. The van der Waals surface area contributed by atoms with Gasteiger partial charge in [0.15, 0.2) is 12.1 Å². The van der Waals surface area contributed by atoms with Crippen molar-refractivity contribution in [2.45, 2.75) is 63.8 Å². The van der Waals surface area contributed by atoms with Crippen molar-refractivity contribution in [1.29, 1.82) is 0 Å². The molecule has 0 spiro atoms. The topological polar surface area (TPSA) is 114 Å². The summed E-state index contributed by atoms with van der Waals surface area (Å²) in [6.07, 6.45) is 2.87. The predicted octanol–water partition coefficient (Wildman–Crippen LogP) is 2.45. The van der Waals surface area contributed by atoms with Crippen molar-refractivity contribution >= 4 is 18.3 Å². The highest BCUT2D eigenvalue weighted by atomic mass is 16.8. The van der Waals surface area contributed by atoms with Crippen LogP contribution in [0.1, 0.15) is 38.7 Å². The molecule has 9 nitrogen and oxygen atoms in total. The number of aldehydes is 1. The Hall–Kier alpha value is -2.91. The molecule has 1 aromatic rings. The number of nitrogens with one attached hydrogen (secondary N) is 1. The van der Waals surface area contributed by atoms with Crippen LogP contribution < -0.4 is 5.32 Å². The molecule has 3 rings (SSSR count). The van der Waals surface area contributed by atoms with Gasteiger partial charge in [0, 0.05) is 13.1 Å². The van der Waals surface area contributed by atoms with Crippen LogP contribution in [0.25, 0.3) is 0 Å². The van der Waals surface area contributed by atoms with Crippen molar-refractivity contribution in [2.24, 2.45) is 0 Å². The number of benzene rings is 1. The van der Waals surface area contributed by atoms with Gasteiger partial charge in [0.25, 0.3) is 0 Å². The zero-order chi connectivity index (χ0) is 23.1. The molecule has 0 aromatic heterocycles. The van der Waals surface area contributed by atoms with Gasteiger partial charge in [-0.15, -0.1) is 0 Å². The van der Waals surface area contributed by atoms with Crippen LogP contribution in [-0.4, -0.2) is 65.5 Å². The monoisotopic (exact) mass is 446 g/mol. The summed E-state index contributed by atoms with van der Waals surface area (Å²) in [5.74, 6) is -1.81. The van der Waals surface area contributed by atoms with Crippen LogP contribution in [0.15, 0.2) is 42.1 Å². The molecule has 1 aromatic carbocycles. The second kappa shape index (κ2) is 10.6. The van der Waals surface area contributed by atoms with E-state index in [9.17, 15) is 19.5 Å². The average molecular weight is 447 g/mol. The molecular formula is C23H30N2O7. The van der Waals surface area contributed by atoms with Gasteiger partial charge in [0.2, 0.25) is 0 Å². The van der Waals surface area contributed by atoms with E-state index < -0.39 is 23.9 Å². The Bertz CT molecular complexity index is 840. The maximum atomic E-state index is 12.0. The van der Waals surface area contributed by atoms with E-state index in [-0.39, 0.29) is 25.2 Å². The maximum absolute atomic E-state index is 12.0. The number of hydrogen-bond donors (Lipinski definition) is 2. The molecule has 2 aliphatic heterocycles. The number of carbonyl (C=O) groups is 3. The molecule has 2 N–H and O–H groups in total. The minimum Gasteiger partial charge on any atom is -0.480 e. The molecular weight excluding hydrogens is 416 g/mol. The second-order valence-electron chi connectivity index (χ2n) is 8.39. The first-order valence-corrected chi connectivity index (χ1v) is 10.7. The lowest BCUT2D eigenvalue weighted by atomic mass is 10.1. The first-order valence-electron chi connectivity index (χ1n) is 10.7. The predicted molar refractivity (Wildman–Crippen MR) is 115 cm³/mol. The zero-order valence-electron chi connectivity index (χ0n) is 18.4. The Balaban J connectivity index is 1.42. The molecule has 32 heavy (non-hydrogen) atoms. The summed E-state index contributed by atoms with van der Waals surface area (Å²) in [4.78, 5) is 36.9. The van der Waals surface area contributed by atoms with Gasteiger partial charge < -0.3 is 29.5 Å². The summed E-state index contributed by atoms with van der Waals surface area (Å²) in [6.45, 7) is 4.86. The number of ether oxygens (including phenoxy) is 3. The largest absolute Gasteiger partial charge is 0.480 e. The van der Waals surface area contributed by atoms with Gasteiger partial charge in [-0.3, -0.25) is 4.79 Å². The van der Waals surface area contributed by atoms with Gasteiger partial charge in [-0.25, -0.2) is 9.59 Å². The SMILES string of the molecule is CC1(C)O[C@H]2C=C(C=O)N(CCCC[C@H](NC(=O)OCc3ccccc3)C(=O)O)C[C@H]2O1. The Morgan fingerprint density at radius 2 is 2.03 bits per heavy atom. The van der Waals surface area contributed by atoms with Crippen LogP contribution >= 0.6 is 0 Å². The van der Waals surface area contributed by atoms with E-state index in [2.05, 4.69) is 5.32 Å². The average Bonchev–Trinajstić information content (AvgIpc) is 3.06. The highest BCUT2D eigenvalue weighted by molar-refractivity contribution is 5.79. The number of fused-ring (bicyclic) bond motifs is 1. The Morgan fingerprint density at radius 3 is 2.72 bits per heavy atom. The molecule has 1 fully saturated rings. The van der Waals surface area contributed by atoms with Crippen LogP contribution in [0.4, 0.5) is 4.79 Å². The first kappa shape index (κ1) is 23.7. The highest BCUT2D eigenvalue weighted by Gasteiger charge is 2.43. The number of carbonyl (C=O) groups excluding carboxylic acids is 2. The summed E-state index contributed by atoms with van der Waals surface area (Å²) in [7, 11) is 0. The number of nitrogens with zero attached hydrogens (tertiary/aromatic N) is 1. The van der Waals surface area contributed by atoms with Crippen molar-refractivity contribution in [2.75, 3.05) is 13.1 Å². The number of alkyl carbamates (subject to hydrolysis) is 1. The quantitative estimate of drug-likeness (QED) is 0.416. The minimum absolute atomic E-state index is 0.0690. The fourth-order valence-electron chi connectivity index (χ4n) is 3.89. The maximum Gasteiger partial charge on any atom is 0.408 e. The third-order valence-electron chi connectivity index (χ3n) is 5.42. The zero-order valence-corrected chi connectivity index (χ0v) is 18.4. The third kappa shape index (κ3) is 6.54. The van der Waals surface area contributed by atoms with Crippen LogP contribution in [0.3, 0.4) is 0 Å². The second-order valence-corrected chi connectivity index (χ2v) is 8.39. The van der Waals surface area contributed by atoms with Crippen LogP contribution in [0.5, 0.6) is 0 Å². The molecule has 0 radical (unpaired) electrons. The fourth-order valence-corrected chi connectivity index (χ4v) is 3.89. The van der Waals surface area contributed by atoms with E-state index in [1.807, 2.05) is 49.1 Å². The van der Waals surface area contributed by atoms with Gasteiger partial charge in [-0.1, -0.05) is 30.3 Å². The molecule has 0 aliphatic carbocycles. The Labute approximate surface area is 187 Å². The summed E-state index contributed by atoms with van der Waals surface area (Å²) in [5, 5.41) is 11.8. The smallest absolute Gasteiger partial charge is 0.408 e. The fraction of sp³-hybridized carbons (Fsp3) is 0.522. The van der Waals surface area contributed by atoms with Crippen molar-refractivity contribution in [3.63, 3.8) is 0 Å². The van der Waals surface area contributed by atoms with E-state index in [0.29, 0.717) is 31.6 Å². The van der Waals surface area contributed by atoms with E-state index in [1.165, 1.54) is 0 Å². The number of allylic oxidation sites excluding steroid dienone is 1. The van der Waals surface area contributed by atoms with Crippen LogP contribution in [-0.2, 0) is 30.4 Å². The number of amides is 1. The Morgan fingerprint density at radius 1 is 1.28 bits per heavy atom. The standard InChI is InChI=1S/C23H30N2O7/c1-23(2)31-19-12-17(14-26)25(13-20(19)32-23)11-7-6-10-18(21(27)28)24-22(29)30-15-16-8-4-3-5-9-16/h3-5,8-9,12,14,18-20H,6-7,10-11,13,15H2,1-2H3,(H,24,29)(H,27,28)/t18-,19-,20+/m0/s1. The third-order valence-corrected chi connectivity index (χ3v) is 5.42. The van der Waals surface area contributed by atoms with E-state index in [0.717, 1.165) is 11.8 Å². The summed E-state index contributed by atoms with van der Waals surface area (Å²) >= 11 is 0. The number of carboxylic acids is 1. The lowest BCUT2D eigenvalue weighted by Crippen LogP contribution is -2.43. The molecule has 9 heteroatoms. The molecule has 0 bridgehead atoms. The van der Waals surface area contributed by atoms with Gasteiger partial charge >= 0.3 is 12.1 Å². The van der Waals surface area contributed by atoms with E-state index >= 15 is 0 Å². The van der Waals surface area contributed by atoms with Crippen LogP contribution in [0, 0.1) is 0 Å². The van der Waals surface area contributed by atoms with E-state index in [4.69, 9.17) is 14.2 Å². The molecule has 3 atom stereocenters. The lowest BCUT2D eigenvalue weighted by molar-refractivity contribution is -0.143. The number of unbranched alkanes of at least 4 members (excludes halogenated alkanes) is 1. The Kier molecular flexibility index (Phi) is 7.87. The summed E-state index contributed by atoms with van der Waals surface area (Å²) in [6, 6.07) is 8.11. The van der Waals surface area contributed by atoms with Crippen molar-refractivity contribution in [3.05, 3.63) is 47.7 Å². The van der Waals surface area contributed by atoms with Crippen LogP contribution in [0.2, 0.25) is 0 Å². The van der Waals surface area contributed by atoms with Crippen molar-refractivity contribution in [3.8, 4) is 0 Å². The molecule has 1 saturated heterocycles. The lowest BCUT2D eigenvalue weighted by Gasteiger charge is -2.32. The molecule has 2 aliphatic rings. The molecule has 174 valence electrons. The molecule has 1 amide bonds. The number of rotatable bonds is 10. The van der Waals surface area contributed by atoms with E-state index in [1.54, 1.807) is 6.08 Å². The van der Waals surface area contributed by atoms with Gasteiger partial charge in [0.1, 0.15) is 24.9 Å². The summed E-state index contributed by atoms with van der Waals surface area (Å²) in [5.41, 5.74) is 1.36. The highest BCUT2D eigenvalue weighted by Crippen LogP contribution is 2.33.